The fourth-order valence-corrected chi connectivity index (χ4v) is 1.38. The molecule has 2 rings (SSSR count). The van der Waals surface area contributed by atoms with E-state index in [0.29, 0.717) is 5.69 Å². The van der Waals surface area contributed by atoms with Crippen molar-refractivity contribution in [3.8, 4) is 5.69 Å². The van der Waals surface area contributed by atoms with Crippen LogP contribution in [0.25, 0.3) is 5.69 Å². The third-order valence-electron chi connectivity index (χ3n) is 1.91. The molecule has 1 N–H and O–H groups in total. The second-order valence-corrected chi connectivity index (χ2v) is 4.20. The lowest BCUT2D eigenvalue weighted by molar-refractivity contribution is -0.192. The fourth-order valence-electron chi connectivity index (χ4n) is 1.01. The van der Waals surface area contributed by atoms with Crippen LogP contribution >= 0.6 is 15.9 Å². The highest BCUT2D eigenvalue weighted by Crippen LogP contribution is 2.18. The summed E-state index contributed by atoms with van der Waals surface area (Å²) >= 11 is 3.01. The molecule has 114 valence electrons. The van der Waals surface area contributed by atoms with E-state index < -0.39 is 23.7 Å². The van der Waals surface area contributed by atoms with Gasteiger partial charge in [0.2, 0.25) is 0 Å². The van der Waals surface area contributed by atoms with E-state index in [1.165, 1.54) is 29.1 Å². The number of rotatable bonds is 1. The molecule has 0 unspecified atom stereocenters. The number of carbonyl (C=O) groups is 1. The molecule has 6 nitrogen and oxygen atoms in total. The number of benzene rings is 1. The quantitative estimate of drug-likeness (QED) is 0.776. The highest BCUT2D eigenvalue weighted by atomic mass is 79.9. The van der Waals surface area contributed by atoms with E-state index in [4.69, 9.17) is 9.90 Å². The molecule has 0 radical (unpaired) electrons. The Bertz CT molecular complexity index is 695. The minimum atomic E-state index is -5.08. The van der Waals surface area contributed by atoms with E-state index in [1.807, 2.05) is 0 Å². The zero-order chi connectivity index (χ0) is 16.2. The van der Waals surface area contributed by atoms with Crippen LogP contribution < -0.4 is 5.76 Å². The molecule has 11 heteroatoms. The van der Waals surface area contributed by atoms with Crippen LogP contribution in [0.2, 0.25) is 0 Å². The molecule has 0 spiro atoms. The molecular formula is C10H5BrF4N2O4. The van der Waals surface area contributed by atoms with Gasteiger partial charge in [-0.25, -0.2) is 18.5 Å². The van der Waals surface area contributed by atoms with Gasteiger partial charge in [0, 0.05) is 0 Å². The van der Waals surface area contributed by atoms with E-state index in [1.54, 1.807) is 0 Å². The molecule has 0 fully saturated rings. The topological polar surface area (TPSA) is 85.3 Å². The predicted molar refractivity (Wildman–Crippen MR) is 63.4 cm³/mol. The summed E-state index contributed by atoms with van der Waals surface area (Å²) in [6.45, 7) is 0. The van der Waals surface area contributed by atoms with Crippen LogP contribution in [0, 0.1) is 5.82 Å². The molecule has 0 saturated heterocycles. The third kappa shape index (κ3) is 4.70. The Morgan fingerprint density at radius 1 is 1.38 bits per heavy atom. The zero-order valence-electron chi connectivity index (χ0n) is 9.77. The highest BCUT2D eigenvalue weighted by Gasteiger charge is 2.38. The summed E-state index contributed by atoms with van der Waals surface area (Å²) in [5, 5.41) is 10.4. The van der Waals surface area contributed by atoms with Crippen molar-refractivity contribution < 1.29 is 32.0 Å². The lowest BCUT2D eigenvalue weighted by Crippen LogP contribution is -2.21. The van der Waals surface area contributed by atoms with Crippen molar-refractivity contribution in [2.24, 2.45) is 0 Å². The number of aromatic nitrogens is 2. The van der Waals surface area contributed by atoms with Crippen molar-refractivity contribution in [3.05, 3.63) is 45.4 Å². The van der Waals surface area contributed by atoms with Gasteiger partial charge in [-0.3, -0.25) is 4.52 Å². The molecule has 2 aromatic rings. The number of hydrogen-bond acceptors (Lipinski definition) is 4. The van der Waals surface area contributed by atoms with Crippen molar-refractivity contribution in [1.82, 2.24) is 9.72 Å². The molecule has 0 saturated carbocycles. The molecule has 1 aromatic carbocycles. The first-order valence-electron chi connectivity index (χ1n) is 4.92. The van der Waals surface area contributed by atoms with Crippen LogP contribution in [-0.2, 0) is 4.79 Å². The van der Waals surface area contributed by atoms with Crippen molar-refractivity contribution in [1.29, 1.82) is 0 Å². The summed E-state index contributed by atoms with van der Waals surface area (Å²) in [4.78, 5) is 19.9. The average Bonchev–Trinajstić information content (AvgIpc) is 2.79. The first-order chi connectivity index (χ1) is 9.62. The SMILES string of the molecule is O=C(O)C(F)(F)F.O=c1oncn1-c1ccc(F)c(Br)c1. The molecule has 0 amide bonds. The number of hydrogen-bond donors (Lipinski definition) is 1. The van der Waals surface area contributed by atoms with Crippen molar-refractivity contribution in [2.45, 2.75) is 6.18 Å². The number of halogens is 5. The van der Waals surface area contributed by atoms with Gasteiger partial charge in [-0.05, 0) is 34.1 Å². The van der Waals surface area contributed by atoms with Crippen LogP contribution in [-0.4, -0.2) is 27.0 Å². The Kier molecular flexibility index (Phi) is 5.24. The zero-order valence-corrected chi connectivity index (χ0v) is 11.4. The van der Waals surface area contributed by atoms with Crippen molar-refractivity contribution in [3.63, 3.8) is 0 Å². The third-order valence-corrected chi connectivity index (χ3v) is 2.52. The fraction of sp³-hybridized carbons (Fsp3) is 0.100. The lowest BCUT2D eigenvalue weighted by atomic mass is 10.3. The number of carboxylic acids is 1. The molecule has 1 aromatic heterocycles. The first kappa shape index (κ1) is 16.9. The molecular weight excluding hydrogens is 368 g/mol. The summed E-state index contributed by atoms with van der Waals surface area (Å²) < 4.78 is 50.4. The van der Waals surface area contributed by atoms with Gasteiger partial charge in [0.1, 0.15) is 12.1 Å². The molecule has 0 aliphatic rings. The van der Waals surface area contributed by atoms with Gasteiger partial charge < -0.3 is 5.11 Å². The second kappa shape index (κ2) is 6.52. The predicted octanol–water partition coefficient (Wildman–Crippen LogP) is 2.36. The Labute approximate surface area is 121 Å². The van der Waals surface area contributed by atoms with Crippen LogP contribution in [0.5, 0.6) is 0 Å². The number of nitrogens with zero attached hydrogens (tertiary/aromatic N) is 2. The van der Waals surface area contributed by atoms with Gasteiger partial charge in [0.25, 0.3) is 0 Å². The molecule has 1 heterocycles. The Morgan fingerprint density at radius 2 is 1.95 bits per heavy atom. The highest BCUT2D eigenvalue weighted by molar-refractivity contribution is 9.10. The van der Waals surface area contributed by atoms with Gasteiger partial charge in [-0.15, -0.1) is 0 Å². The summed E-state index contributed by atoms with van der Waals surface area (Å²) in [5.41, 5.74) is 0.490. The van der Waals surface area contributed by atoms with Gasteiger partial charge in [-0.1, -0.05) is 5.16 Å². The number of aliphatic carboxylic acids is 1. The number of alkyl halides is 3. The molecule has 0 atom stereocenters. The number of carboxylic acid groups (broad SMARTS) is 1. The minimum absolute atomic E-state index is 0.281. The largest absolute Gasteiger partial charge is 0.490 e. The van der Waals surface area contributed by atoms with Crippen molar-refractivity contribution >= 4 is 21.9 Å². The van der Waals surface area contributed by atoms with Crippen molar-refractivity contribution in [2.75, 3.05) is 0 Å². The van der Waals surface area contributed by atoms with Gasteiger partial charge >= 0.3 is 17.9 Å². The van der Waals surface area contributed by atoms with E-state index >= 15 is 0 Å². The smallest absolute Gasteiger partial charge is 0.475 e. The maximum absolute atomic E-state index is 12.9. The van der Waals surface area contributed by atoms with Crippen LogP contribution in [0.15, 0.2) is 38.3 Å². The van der Waals surface area contributed by atoms with E-state index in [9.17, 15) is 22.4 Å². The maximum Gasteiger partial charge on any atom is 0.490 e. The van der Waals surface area contributed by atoms with E-state index in [2.05, 4.69) is 25.6 Å². The monoisotopic (exact) mass is 372 g/mol. The lowest BCUT2D eigenvalue weighted by Gasteiger charge is -1.99. The molecule has 0 aliphatic carbocycles. The molecule has 21 heavy (non-hydrogen) atoms. The molecule has 0 aliphatic heterocycles. The maximum atomic E-state index is 12.9. The average molecular weight is 373 g/mol. The summed E-state index contributed by atoms with van der Waals surface area (Å²) in [5.74, 6) is -3.76. The first-order valence-corrected chi connectivity index (χ1v) is 5.71. The Hall–Kier alpha value is -2.17. The van der Waals surface area contributed by atoms with Crippen LogP contribution in [0.4, 0.5) is 17.6 Å². The summed E-state index contributed by atoms with van der Waals surface area (Å²) in [7, 11) is 0. The Morgan fingerprint density at radius 3 is 2.33 bits per heavy atom. The standard InChI is InChI=1S/C8H4BrFN2O2.C2HF3O2/c9-6-3-5(1-2-7(6)10)12-4-11-14-8(12)13;3-2(4,5)1(6)7/h1-4H;(H,6,7). The second-order valence-electron chi connectivity index (χ2n) is 3.35. The van der Waals surface area contributed by atoms with E-state index in [0.717, 1.165) is 0 Å². The normalized spacial score (nSPS) is 10.7. The van der Waals surface area contributed by atoms with Gasteiger partial charge in [0.15, 0.2) is 0 Å². The van der Waals surface area contributed by atoms with Crippen LogP contribution in [0.3, 0.4) is 0 Å². The minimum Gasteiger partial charge on any atom is -0.475 e. The molecule has 0 bridgehead atoms. The van der Waals surface area contributed by atoms with Gasteiger partial charge in [-0.2, -0.15) is 13.2 Å². The Balaban J connectivity index is 0.000000270. The van der Waals surface area contributed by atoms with Gasteiger partial charge in [0.05, 0.1) is 10.2 Å². The van der Waals surface area contributed by atoms with E-state index in [-0.39, 0.29) is 4.47 Å². The summed E-state index contributed by atoms with van der Waals surface area (Å²) in [6, 6.07) is 4.17. The van der Waals surface area contributed by atoms with Crippen LogP contribution in [0.1, 0.15) is 0 Å². The summed E-state index contributed by atoms with van der Waals surface area (Å²) in [6.07, 6.45) is -3.86.